The van der Waals surface area contributed by atoms with Gasteiger partial charge in [0.2, 0.25) is 5.43 Å². The Morgan fingerprint density at radius 1 is 0.733 bits per heavy atom. The number of rotatable bonds is 26. The zero-order valence-corrected chi connectivity index (χ0v) is 31.4. The fourth-order valence-corrected chi connectivity index (χ4v) is 5.46. The summed E-state index contributed by atoms with van der Waals surface area (Å²) in [5.74, 6) is 0.472. The molecule has 0 atom stereocenters. The number of unbranched alkanes of at least 4 members (excludes halogenated alkanes) is 15. The highest BCUT2D eigenvalue weighted by Crippen LogP contribution is 2.15. The molecule has 0 fully saturated rings. The van der Waals surface area contributed by atoms with E-state index < -0.39 is 0 Å². The number of pyridine rings is 1. The Kier molecular flexibility index (Phi) is 30.7. The summed E-state index contributed by atoms with van der Waals surface area (Å²) in [7, 11) is 4.19. The Bertz CT molecular complexity index is 999. The maximum atomic E-state index is 12.9. The fraction of sp³-hybridized carbons (Fsp3) is 0.703. The molecule has 1 N–H and O–H groups in total. The van der Waals surface area contributed by atoms with Crippen LogP contribution in [0, 0.1) is 6.92 Å². The number of benzene rings is 1. The van der Waals surface area contributed by atoms with E-state index in [1.807, 2.05) is 6.20 Å². The molecule has 1 heterocycles. The third-order valence-corrected chi connectivity index (χ3v) is 8.18. The van der Waals surface area contributed by atoms with Gasteiger partial charge in [-0.2, -0.15) is 0 Å². The van der Waals surface area contributed by atoms with Crippen molar-refractivity contribution in [2.24, 2.45) is 0 Å². The monoisotopic (exact) mass is 689 g/mol. The summed E-state index contributed by atoms with van der Waals surface area (Å²) in [5, 5.41) is 3.52. The second kappa shape index (κ2) is 30.1. The highest BCUT2D eigenvalue weighted by molar-refractivity contribution is 5.86. The van der Waals surface area contributed by atoms with Gasteiger partial charge in [-0.15, -0.1) is 37.2 Å². The highest BCUT2D eigenvalue weighted by atomic mass is 35.5. The van der Waals surface area contributed by atoms with E-state index in [0.29, 0.717) is 18.9 Å². The average molecular weight is 691 g/mol. The number of nitrogens with zero attached hydrogens (tertiary/aromatic N) is 2. The van der Waals surface area contributed by atoms with Gasteiger partial charge in [-0.25, -0.2) is 0 Å². The first-order valence-corrected chi connectivity index (χ1v) is 17.3. The van der Waals surface area contributed by atoms with Crippen LogP contribution in [-0.2, 0) is 13.1 Å². The summed E-state index contributed by atoms with van der Waals surface area (Å²) in [4.78, 5) is 15.1. The average Bonchev–Trinajstić information content (AvgIpc) is 2.97. The Balaban J connectivity index is 0. The van der Waals surface area contributed by atoms with E-state index in [1.165, 1.54) is 107 Å². The number of nitrogens with one attached hydrogen (secondary N) is 1. The van der Waals surface area contributed by atoms with Crippen molar-refractivity contribution < 1.29 is 4.74 Å². The molecule has 0 spiro atoms. The van der Waals surface area contributed by atoms with E-state index in [4.69, 9.17) is 4.74 Å². The van der Waals surface area contributed by atoms with Crippen LogP contribution in [-0.4, -0.2) is 43.3 Å². The minimum absolute atomic E-state index is 0. The molecule has 0 saturated heterocycles. The molecule has 1 aromatic heterocycles. The van der Waals surface area contributed by atoms with Crippen molar-refractivity contribution in [3.63, 3.8) is 0 Å². The van der Waals surface area contributed by atoms with Crippen LogP contribution in [0.25, 0.3) is 0 Å². The first-order chi connectivity index (χ1) is 20.5. The van der Waals surface area contributed by atoms with E-state index in [0.717, 1.165) is 38.2 Å². The van der Waals surface area contributed by atoms with Gasteiger partial charge in [-0.05, 0) is 52.5 Å². The van der Waals surface area contributed by atoms with Gasteiger partial charge in [-0.3, -0.25) is 4.79 Å². The third-order valence-electron chi connectivity index (χ3n) is 8.18. The minimum atomic E-state index is -0.0169. The van der Waals surface area contributed by atoms with E-state index in [-0.39, 0.29) is 42.6 Å². The smallest absolute Gasteiger partial charge is 0.223 e. The van der Waals surface area contributed by atoms with Gasteiger partial charge >= 0.3 is 0 Å². The summed E-state index contributed by atoms with van der Waals surface area (Å²) in [6.07, 6.45) is 24.6. The van der Waals surface area contributed by atoms with Crippen LogP contribution in [0.15, 0.2) is 41.3 Å². The van der Waals surface area contributed by atoms with Gasteiger partial charge in [-0.1, -0.05) is 133 Å². The van der Waals surface area contributed by atoms with Gasteiger partial charge in [0.05, 0.1) is 12.8 Å². The van der Waals surface area contributed by atoms with Crippen LogP contribution in [0.1, 0.15) is 133 Å². The van der Waals surface area contributed by atoms with Crippen molar-refractivity contribution in [3.05, 3.63) is 63.6 Å². The number of aromatic nitrogens is 1. The van der Waals surface area contributed by atoms with Crippen LogP contribution in [0.5, 0.6) is 5.75 Å². The van der Waals surface area contributed by atoms with E-state index in [9.17, 15) is 4.79 Å². The normalized spacial score (nSPS) is 10.7. The molecule has 45 heavy (non-hydrogen) atoms. The first-order valence-electron chi connectivity index (χ1n) is 17.3. The molecule has 2 rings (SSSR count). The van der Waals surface area contributed by atoms with Crippen molar-refractivity contribution in [2.45, 2.75) is 136 Å². The molecule has 262 valence electrons. The molecule has 0 aliphatic carbocycles. The van der Waals surface area contributed by atoms with Crippen LogP contribution >= 0.6 is 37.2 Å². The van der Waals surface area contributed by atoms with Gasteiger partial charge in [0.1, 0.15) is 0 Å². The highest BCUT2D eigenvalue weighted by Gasteiger charge is 2.09. The third kappa shape index (κ3) is 22.8. The molecule has 0 aliphatic heterocycles. The molecule has 8 heteroatoms. The molecule has 0 radical (unpaired) electrons. The molecule has 1 aromatic carbocycles. The lowest BCUT2D eigenvalue weighted by molar-refractivity contribution is 0.298. The Morgan fingerprint density at radius 3 is 1.76 bits per heavy atom. The van der Waals surface area contributed by atoms with E-state index in [2.05, 4.69) is 67.0 Å². The Morgan fingerprint density at radius 2 is 1.24 bits per heavy atom. The van der Waals surface area contributed by atoms with Crippen molar-refractivity contribution in [2.75, 3.05) is 33.8 Å². The molecule has 0 unspecified atom stereocenters. The molecule has 2 aromatic rings. The second-order valence-corrected chi connectivity index (χ2v) is 12.6. The molecular formula is C37H66Cl3N3O2. The number of aryl methyl sites for hydroxylation is 1. The van der Waals surface area contributed by atoms with Crippen LogP contribution < -0.4 is 15.5 Å². The second-order valence-electron chi connectivity index (χ2n) is 12.6. The predicted octanol–water partition coefficient (Wildman–Crippen LogP) is 10.2. The summed E-state index contributed by atoms with van der Waals surface area (Å²) in [6, 6.07) is 10.4. The molecular weight excluding hydrogens is 625 g/mol. The largest absolute Gasteiger partial charge is 0.488 e. The predicted molar refractivity (Wildman–Crippen MR) is 203 cm³/mol. The maximum absolute atomic E-state index is 12.9. The summed E-state index contributed by atoms with van der Waals surface area (Å²) < 4.78 is 8.19. The lowest BCUT2D eigenvalue weighted by atomic mass is 10.0. The number of hydrogen-bond donors (Lipinski definition) is 1. The zero-order valence-electron chi connectivity index (χ0n) is 29.0. The SMILES string of the molecule is CCCCCCCCCCCCCCCCCCOc1cn(Cc2ccc(C)cc2)c(CNCCCN(C)C)cc1=O.Cl.Cl.Cl. The lowest BCUT2D eigenvalue weighted by Crippen LogP contribution is -2.24. The van der Waals surface area contributed by atoms with E-state index in [1.54, 1.807) is 6.07 Å². The van der Waals surface area contributed by atoms with Gasteiger partial charge in [0.25, 0.3) is 0 Å². The van der Waals surface area contributed by atoms with Crippen molar-refractivity contribution in [3.8, 4) is 5.75 Å². The fourth-order valence-electron chi connectivity index (χ4n) is 5.46. The molecule has 0 saturated carbocycles. The topological polar surface area (TPSA) is 46.5 Å². The lowest BCUT2D eigenvalue weighted by Gasteiger charge is -2.17. The molecule has 0 amide bonds. The Labute approximate surface area is 294 Å². The zero-order chi connectivity index (χ0) is 30.3. The van der Waals surface area contributed by atoms with Crippen LogP contribution in [0.2, 0.25) is 0 Å². The number of ether oxygens (including phenoxy) is 1. The van der Waals surface area contributed by atoms with Gasteiger partial charge < -0.3 is 19.5 Å². The van der Waals surface area contributed by atoms with Crippen molar-refractivity contribution in [1.29, 1.82) is 0 Å². The summed E-state index contributed by atoms with van der Waals surface area (Å²) in [6.45, 7) is 8.38. The van der Waals surface area contributed by atoms with Crippen molar-refractivity contribution in [1.82, 2.24) is 14.8 Å². The summed E-state index contributed by atoms with van der Waals surface area (Å²) >= 11 is 0. The maximum Gasteiger partial charge on any atom is 0.223 e. The quantitative estimate of drug-likeness (QED) is 0.0999. The standard InChI is InChI=1S/C37H63N3O2.3ClH/c1-5-6-7-8-9-10-11-12-13-14-15-16-17-18-19-20-28-42-37-32-40(31-34-24-22-33(2)23-25-34)35(29-36(37)41)30-38-26-21-27-39(3)4;;;/h22-25,29,32,38H,5-21,26-28,30-31H2,1-4H3;3*1H. The van der Waals surface area contributed by atoms with Crippen LogP contribution in [0.3, 0.4) is 0 Å². The first kappa shape index (κ1) is 45.9. The minimum Gasteiger partial charge on any atom is -0.488 e. The summed E-state index contributed by atoms with van der Waals surface area (Å²) in [5.41, 5.74) is 3.46. The van der Waals surface area contributed by atoms with Crippen molar-refractivity contribution >= 4 is 37.2 Å². The molecule has 5 nitrogen and oxygen atoms in total. The molecule has 0 bridgehead atoms. The van der Waals surface area contributed by atoms with Gasteiger partial charge in [0, 0.05) is 24.8 Å². The van der Waals surface area contributed by atoms with Gasteiger partial charge in [0.15, 0.2) is 5.75 Å². The van der Waals surface area contributed by atoms with E-state index >= 15 is 0 Å². The molecule has 0 aliphatic rings. The van der Waals surface area contributed by atoms with Crippen LogP contribution in [0.4, 0.5) is 0 Å². The number of halogens is 3. The Hall–Kier alpha value is -1.24. The number of hydrogen-bond acceptors (Lipinski definition) is 4.